The van der Waals surface area contributed by atoms with Crippen LogP contribution in [0, 0.1) is 11.7 Å². The lowest BCUT2D eigenvalue weighted by Crippen LogP contribution is -2.34. The lowest BCUT2D eigenvalue weighted by atomic mass is 10.1. The number of para-hydroxylation sites is 1. The van der Waals surface area contributed by atoms with E-state index in [9.17, 15) is 14.0 Å². The number of amides is 2. The maximum absolute atomic E-state index is 13.6. The van der Waals surface area contributed by atoms with Gasteiger partial charge in [0.25, 0.3) is 5.91 Å². The summed E-state index contributed by atoms with van der Waals surface area (Å²) in [5, 5.41) is 6.26. The molecule has 158 valence electrons. The number of rotatable bonds is 8. The number of hydrogen-bond acceptors (Lipinski definition) is 4. The Labute approximate surface area is 179 Å². The largest absolute Gasteiger partial charge is 0.489 e. The van der Waals surface area contributed by atoms with E-state index in [4.69, 9.17) is 4.74 Å². The molecule has 1 unspecified atom stereocenters. The second kappa shape index (κ2) is 10.7. The summed E-state index contributed by atoms with van der Waals surface area (Å²) in [6.07, 6.45) is 1.46. The molecule has 0 aliphatic rings. The van der Waals surface area contributed by atoms with Gasteiger partial charge in [0.2, 0.25) is 5.91 Å². The van der Waals surface area contributed by atoms with Crippen molar-refractivity contribution in [2.45, 2.75) is 13.5 Å². The summed E-state index contributed by atoms with van der Waals surface area (Å²) in [6, 6.07) is 22.8. The molecule has 3 aromatic rings. The normalized spacial score (nSPS) is 11.7. The smallest absolute Gasteiger partial charge is 0.252 e. The van der Waals surface area contributed by atoms with Crippen LogP contribution in [0.3, 0.4) is 0 Å². The molecule has 2 amide bonds. The van der Waals surface area contributed by atoms with Crippen LogP contribution in [0.25, 0.3) is 0 Å². The van der Waals surface area contributed by atoms with Gasteiger partial charge in [0.15, 0.2) is 0 Å². The van der Waals surface area contributed by atoms with Gasteiger partial charge in [-0.2, -0.15) is 5.10 Å². The highest BCUT2D eigenvalue weighted by Crippen LogP contribution is 2.15. The van der Waals surface area contributed by atoms with Crippen LogP contribution in [0.2, 0.25) is 0 Å². The van der Waals surface area contributed by atoms with Crippen molar-refractivity contribution in [1.82, 2.24) is 5.43 Å². The number of benzene rings is 3. The summed E-state index contributed by atoms with van der Waals surface area (Å²) in [6.45, 7) is 1.89. The van der Waals surface area contributed by atoms with E-state index in [1.165, 1.54) is 31.3 Å². The molecule has 0 aliphatic carbocycles. The van der Waals surface area contributed by atoms with E-state index >= 15 is 0 Å². The summed E-state index contributed by atoms with van der Waals surface area (Å²) in [5.74, 6) is -2.14. The molecule has 3 aromatic carbocycles. The van der Waals surface area contributed by atoms with E-state index < -0.39 is 23.5 Å². The number of hydrogen-bond donors (Lipinski definition) is 2. The predicted molar refractivity (Wildman–Crippen MR) is 117 cm³/mol. The van der Waals surface area contributed by atoms with E-state index in [0.717, 1.165) is 11.1 Å². The van der Waals surface area contributed by atoms with Crippen molar-refractivity contribution in [2.24, 2.45) is 11.0 Å². The van der Waals surface area contributed by atoms with Gasteiger partial charge >= 0.3 is 0 Å². The standard InChI is InChI=1S/C24H22FN3O3/c1-17(23(29)27-22-10-6-5-9-21(22)25)24(30)28-26-15-18-11-13-20(14-12-18)31-16-19-7-3-2-4-8-19/h2-15,17H,16H2,1H3,(H,27,29)(H,28,30). The van der Waals surface area contributed by atoms with E-state index in [2.05, 4.69) is 15.8 Å². The van der Waals surface area contributed by atoms with Crippen molar-refractivity contribution >= 4 is 23.7 Å². The Morgan fingerprint density at radius 1 is 0.968 bits per heavy atom. The molecular formula is C24H22FN3O3. The third-order valence-electron chi connectivity index (χ3n) is 4.44. The van der Waals surface area contributed by atoms with E-state index in [0.29, 0.717) is 12.4 Å². The van der Waals surface area contributed by atoms with E-state index in [1.807, 2.05) is 30.3 Å². The molecule has 0 aromatic heterocycles. The number of carbonyl (C=O) groups is 2. The van der Waals surface area contributed by atoms with Gasteiger partial charge in [-0.25, -0.2) is 9.82 Å². The van der Waals surface area contributed by atoms with Gasteiger partial charge in [0, 0.05) is 0 Å². The van der Waals surface area contributed by atoms with Crippen molar-refractivity contribution in [2.75, 3.05) is 5.32 Å². The minimum atomic E-state index is -1.05. The molecule has 6 nitrogen and oxygen atoms in total. The Morgan fingerprint density at radius 3 is 2.35 bits per heavy atom. The number of nitrogens with one attached hydrogen (secondary N) is 2. The zero-order chi connectivity index (χ0) is 22.1. The van der Waals surface area contributed by atoms with E-state index in [-0.39, 0.29) is 5.69 Å². The van der Waals surface area contributed by atoms with Crippen LogP contribution < -0.4 is 15.5 Å². The van der Waals surface area contributed by atoms with Crippen molar-refractivity contribution in [3.63, 3.8) is 0 Å². The van der Waals surface area contributed by atoms with Crippen molar-refractivity contribution in [3.8, 4) is 5.75 Å². The number of anilines is 1. The third kappa shape index (κ3) is 6.50. The average molecular weight is 419 g/mol. The fourth-order valence-corrected chi connectivity index (χ4v) is 2.58. The Balaban J connectivity index is 1.47. The highest BCUT2D eigenvalue weighted by molar-refractivity contribution is 6.06. The Morgan fingerprint density at radius 2 is 1.65 bits per heavy atom. The van der Waals surface area contributed by atoms with Crippen LogP contribution in [-0.4, -0.2) is 18.0 Å². The van der Waals surface area contributed by atoms with Gasteiger partial charge in [-0.05, 0) is 54.4 Å². The second-order valence-electron chi connectivity index (χ2n) is 6.77. The minimum Gasteiger partial charge on any atom is -0.489 e. The summed E-state index contributed by atoms with van der Waals surface area (Å²) in [4.78, 5) is 24.3. The molecule has 1 atom stereocenters. The SMILES string of the molecule is CC(C(=O)NN=Cc1ccc(OCc2ccccc2)cc1)C(=O)Nc1ccccc1F. The fraction of sp³-hybridized carbons (Fsp3) is 0.125. The number of nitrogens with zero attached hydrogens (tertiary/aromatic N) is 1. The van der Waals surface area contributed by atoms with Crippen LogP contribution in [0.4, 0.5) is 10.1 Å². The Hall–Kier alpha value is -4.00. The highest BCUT2D eigenvalue weighted by atomic mass is 19.1. The molecule has 2 N–H and O–H groups in total. The predicted octanol–water partition coefficient (Wildman–Crippen LogP) is 4.13. The lowest BCUT2D eigenvalue weighted by Gasteiger charge is -2.11. The molecule has 0 radical (unpaired) electrons. The van der Waals surface area contributed by atoms with Crippen LogP contribution in [0.5, 0.6) is 5.75 Å². The zero-order valence-electron chi connectivity index (χ0n) is 16.9. The van der Waals surface area contributed by atoms with Crippen molar-refractivity contribution < 1.29 is 18.7 Å². The maximum atomic E-state index is 13.6. The van der Waals surface area contributed by atoms with Crippen LogP contribution in [-0.2, 0) is 16.2 Å². The molecular weight excluding hydrogens is 397 g/mol. The number of carbonyl (C=O) groups excluding carboxylic acids is 2. The van der Waals surface area contributed by atoms with Crippen molar-refractivity contribution in [3.05, 3.63) is 95.8 Å². The molecule has 0 aliphatic heterocycles. The maximum Gasteiger partial charge on any atom is 0.252 e. The molecule has 0 saturated carbocycles. The Bertz CT molecular complexity index is 1050. The van der Waals surface area contributed by atoms with Gasteiger partial charge in [-0.1, -0.05) is 42.5 Å². The van der Waals surface area contributed by atoms with Gasteiger partial charge in [-0.3, -0.25) is 9.59 Å². The minimum absolute atomic E-state index is 0.0187. The molecule has 0 saturated heterocycles. The molecule has 3 rings (SSSR count). The molecule has 0 fully saturated rings. The van der Waals surface area contributed by atoms with Crippen LogP contribution in [0.15, 0.2) is 84.0 Å². The third-order valence-corrected chi connectivity index (χ3v) is 4.44. The average Bonchev–Trinajstić information content (AvgIpc) is 2.80. The molecule has 0 spiro atoms. The molecule has 0 bridgehead atoms. The topological polar surface area (TPSA) is 79.8 Å². The number of ether oxygens (including phenoxy) is 1. The Kier molecular flexibility index (Phi) is 7.48. The summed E-state index contributed by atoms with van der Waals surface area (Å²) in [7, 11) is 0. The summed E-state index contributed by atoms with van der Waals surface area (Å²) in [5.41, 5.74) is 4.16. The van der Waals surface area contributed by atoms with Gasteiger partial charge < -0.3 is 10.1 Å². The molecule has 31 heavy (non-hydrogen) atoms. The molecule has 0 heterocycles. The second-order valence-corrected chi connectivity index (χ2v) is 6.77. The van der Waals surface area contributed by atoms with Crippen LogP contribution >= 0.6 is 0 Å². The van der Waals surface area contributed by atoms with Crippen molar-refractivity contribution in [1.29, 1.82) is 0 Å². The van der Waals surface area contributed by atoms with Crippen LogP contribution in [0.1, 0.15) is 18.1 Å². The van der Waals surface area contributed by atoms with Gasteiger partial charge in [0.1, 0.15) is 24.1 Å². The first-order chi connectivity index (χ1) is 15.0. The first-order valence-corrected chi connectivity index (χ1v) is 9.68. The fourth-order valence-electron chi connectivity index (χ4n) is 2.58. The number of halogens is 1. The zero-order valence-corrected chi connectivity index (χ0v) is 16.9. The lowest BCUT2D eigenvalue weighted by molar-refractivity contribution is -0.131. The highest BCUT2D eigenvalue weighted by Gasteiger charge is 2.22. The molecule has 7 heteroatoms. The number of hydrazone groups is 1. The van der Waals surface area contributed by atoms with Gasteiger partial charge in [0.05, 0.1) is 11.9 Å². The first kappa shape index (κ1) is 21.7. The summed E-state index contributed by atoms with van der Waals surface area (Å²) >= 11 is 0. The van der Waals surface area contributed by atoms with Gasteiger partial charge in [-0.15, -0.1) is 0 Å². The first-order valence-electron chi connectivity index (χ1n) is 9.68. The quantitative estimate of drug-likeness (QED) is 0.327. The van der Waals surface area contributed by atoms with E-state index in [1.54, 1.807) is 30.3 Å². The summed E-state index contributed by atoms with van der Waals surface area (Å²) < 4.78 is 19.3. The monoisotopic (exact) mass is 419 g/mol.